The molecule has 0 spiro atoms. The van der Waals surface area contributed by atoms with Crippen LogP contribution < -0.4 is 0 Å². The Morgan fingerprint density at radius 1 is 1.18 bits per heavy atom. The van der Waals surface area contributed by atoms with E-state index in [1.165, 1.54) is 11.8 Å². The van der Waals surface area contributed by atoms with E-state index in [-0.39, 0.29) is 5.75 Å². The molecular weight excluding hydrogens is 256 g/mol. The van der Waals surface area contributed by atoms with Crippen LogP contribution in [-0.4, -0.2) is 20.4 Å². The second kappa shape index (κ2) is 5.87. The zero-order valence-electron chi connectivity index (χ0n) is 10.5. The Hall–Kier alpha value is -0.540. The SMILES string of the molecule is CCC(C)c1ccc(C(Cl)CS(C)(=O)=O)cc1. The lowest BCUT2D eigenvalue weighted by Crippen LogP contribution is -2.09. The maximum absolute atomic E-state index is 11.2. The minimum Gasteiger partial charge on any atom is -0.229 e. The lowest BCUT2D eigenvalue weighted by Gasteiger charge is -2.12. The Balaban J connectivity index is 2.80. The van der Waals surface area contributed by atoms with Crippen LogP contribution in [-0.2, 0) is 9.84 Å². The molecular formula is C13H19ClO2S. The lowest BCUT2D eigenvalue weighted by atomic mass is 9.97. The van der Waals surface area contributed by atoms with Gasteiger partial charge in [0.1, 0.15) is 9.84 Å². The molecule has 0 aliphatic rings. The molecule has 0 saturated carbocycles. The normalized spacial score (nSPS) is 15.5. The highest BCUT2D eigenvalue weighted by molar-refractivity contribution is 7.90. The Labute approximate surface area is 109 Å². The van der Waals surface area contributed by atoms with Gasteiger partial charge in [0.05, 0.1) is 11.1 Å². The van der Waals surface area contributed by atoms with Gasteiger partial charge in [-0.15, -0.1) is 11.6 Å². The molecule has 17 heavy (non-hydrogen) atoms. The summed E-state index contributed by atoms with van der Waals surface area (Å²) in [7, 11) is -3.03. The van der Waals surface area contributed by atoms with Gasteiger partial charge in [-0.3, -0.25) is 0 Å². The monoisotopic (exact) mass is 274 g/mol. The van der Waals surface area contributed by atoms with Gasteiger partial charge < -0.3 is 0 Å². The van der Waals surface area contributed by atoms with Crippen molar-refractivity contribution < 1.29 is 8.42 Å². The molecule has 0 N–H and O–H groups in total. The molecule has 96 valence electrons. The third kappa shape index (κ3) is 4.68. The summed E-state index contributed by atoms with van der Waals surface area (Å²) in [5.41, 5.74) is 2.13. The predicted molar refractivity (Wildman–Crippen MR) is 73.5 cm³/mol. The van der Waals surface area contributed by atoms with Crippen LogP contribution in [0.3, 0.4) is 0 Å². The van der Waals surface area contributed by atoms with E-state index in [1.54, 1.807) is 0 Å². The second-order valence-electron chi connectivity index (χ2n) is 4.54. The molecule has 0 aliphatic carbocycles. The highest BCUT2D eigenvalue weighted by Crippen LogP contribution is 2.25. The van der Waals surface area contributed by atoms with Crippen molar-refractivity contribution in [2.75, 3.05) is 12.0 Å². The first kappa shape index (κ1) is 14.5. The number of benzene rings is 1. The molecule has 0 bridgehead atoms. The van der Waals surface area contributed by atoms with E-state index >= 15 is 0 Å². The molecule has 4 heteroatoms. The average molecular weight is 275 g/mol. The lowest BCUT2D eigenvalue weighted by molar-refractivity contribution is 0.600. The fourth-order valence-corrected chi connectivity index (χ4v) is 3.19. The third-order valence-electron chi connectivity index (χ3n) is 2.93. The summed E-state index contributed by atoms with van der Waals surface area (Å²) >= 11 is 6.08. The second-order valence-corrected chi connectivity index (χ2v) is 7.25. The van der Waals surface area contributed by atoms with Crippen molar-refractivity contribution in [1.82, 2.24) is 0 Å². The Morgan fingerprint density at radius 2 is 1.65 bits per heavy atom. The van der Waals surface area contributed by atoms with E-state index in [4.69, 9.17) is 11.6 Å². The number of hydrogen-bond acceptors (Lipinski definition) is 2. The van der Waals surface area contributed by atoms with Gasteiger partial charge in [-0.25, -0.2) is 8.42 Å². The molecule has 0 heterocycles. The van der Waals surface area contributed by atoms with Crippen LogP contribution in [0.25, 0.3) is 0 Å². The van der Waals surface area contributed by atoms with E-state index in [9.17, 15) is 8.42 Å². The number of halogens is 1. The number of alkyl halides is 1. The fraction of sp³-hybridized carbons (Fsp3) is 0.538. The van der Waals surface area contributed by atoms with E-state index in [1.807, 2.05) is 24.3 Å². The van der Waals surface area contributed by atoms with Gasteiger partial charge in [0, 0.05) is 6.26 Å². The predicted octanol–water partition coefficient (Wildman–Crippen LogP) is 3.52. The van der Waals surface area contributed by atoms with E-state index < -0.39 is 15.2 Å². The first-order valence-electron chi connectivity index (χ1n) is 5.75. The van der Waals surface area contributed by atoms with Crippen molar-refractivity contribution in [1.29, 1.82) is 0 Å². The number of hydrogen-bond donors (Lipinski definition) is 0. The van der Waals surface area contributed by atoms with E-state index in [0.29, 0.717) is 5.92 Å². The summed E-state index contributed by atoms with van der Waals surface area (Å²) in [6.07, 6.45) is 2.29. The number of rotatable bonds is 5. The van der Waals surface area contributed by atoms with Crippen LogP contribution in [0.15, 0.2) is 24.3 Å². The van der Waals surface area contributed by atoms with Crippen LogP contribution in [0.1, 0.15) is 42.7 Å². The van der Waals surface area contributed by atoms with Crippen LogP contribution in [0, 0.1) is 0 Å². The molecule has 1 aromatic rings. The highest BCUT2D eigenvalue weighted by Gasteiger charge is 2.14. The van der Waals surface area contributed by atoms with Crippen LogP contribution in [0.4, 0.5) is 0 Å². The Morgan fingerprint density at radius 3 is 2.06 bits per heavy atom. The fourth-order valence-electron chi connectivity index (χ4n) is 1.63. The minimum atomic E-state index is -3.03. The number of sulfone groups is 1. The summed E-state index contributed by atoms with van der Waals surface area (Å²) in [6, 6.07) is 7.90. The smallest absolute Gasteiger partial charge is 0.149 e. The van der Waals surface area contributed by atoms with Gasteiger partial charge in [0.2, 0.25) is 0 Å². The molecule has 0 radical (unpaired) electrons. The standard InChI is InChI=1S/C13H19ClO2S/c1-4-10(2)11-5-7-12(8-6-11)13(14)9-17(3,15)16/h5-8,10,13H,4,9H2,1-3H3. The molecule has 1 aromatic carbocycles. The maximum Gasteiger partial charge on any atom is 0.149 e. The summed E-state index contributed by atoms with van der Waals surface area (Å²) in [5, 5.41) is -0.462. The van der Waals surface area contributed by atoms with Gasteiger partial charge in [0.15, 0.2) is 0 Å². The van der Waals surface area contributed by atoms with Crippen molar-refractivity contribution in [2.24, 2.45) is 0 Å². The van der Waals surface area contributed by atoms with Crippen molar-refractivity contribution in [3.8, 4) is 0 Å². The molecule has 2 unspecified atom stereocenters. The van der Waals surface area contributed by atoms with Gasteiger partial charge in [-0.05, 0) is 23.5 Å². The molecule has 0 fully saturated rings. The summed E-state index contributed by atoms with van der Waals surface area (Å²) < 4.78 is 22.3. The zero-order chi connectivity index (χ0) is 13.1. The topological polar surface area (TPSA) is 34.1 Å². The molecule has 2 nitrogen and oxygen atoms in total. The first-order valence-corrected chi connectivity index (χ1v) is 8.25. The van der Waals surface area contributed by atoms with Gasteiger partial charge in [-0.1, -0.05) is 38.1 Å². The van der Waals surface area contributed by atoms with Crippen LogP contribution >= 0.6 is 11.6 Å². The quantitative estimate of drug-likeness (QED) is 0.770. The average Bonchev–Trinajstić information content (AvgIpc) is 2.26. The third-order valence-corrected chi connectivity index (χ3v) is 4.46. The van der Waals surface area contributed by atoms with Gasteiger partial charge in [0.25, 0.3) is 0 Å². The molecule has 0 saturated heterocycles. The Kier molecular flexibility index (Phi) is 5.02. The van der Waals surface area contributed by atoms with E-state index in [0.717, 1.165) is 12.0 Å². The molecule has 0 aromatic heterocycles. The largest absolute Gasteiger partial charge is 0.229 e. The zero-order valence-corrected chi connectivity index (χ0v) is 12.1. The van der Waals surface area contributed by atoms with Crippen molar-refractivity contribution in [2.45, 2.75) is 31.6 Å². The van der Waals surface area contributed by atoms with Crippen LogP contribution in [0.2, 0.25) is 0 Å². The summed E-state index contributed by atoms with van der Waals surface area (Å²) in [5.74, 6) is 0.504. The van der Waals surface area contributed by atoms with Crippen molar-refractivity contribution in [3.05, 3.63) is 35.4 Å². The van der Waals surface area contributed by atoms with Gasteiger partial charge >= 0.3 is 0 Å². The van der Waals surface area contributed by atoms with E-state index in [2.05, 4.69) is 13.8 Å². The molecule has 1 rings (SSSR count). The molecule has 0 aliphatic heterocycles. The van der Waals surface area contributed by atoms with Gasteiger partial charge in [-0.2, -0.15) is 0 Å². The molecule has 2 atom stereocenters. The molecule has 0 amide bonds. The summed E-state index contributed by atoms with van der Waals surface area (Å²) in [6.45, 7) is 4.32. The maximum atomic E-state index is 11.2. The van der Waals surface area contributed by atoms with Crippen molar-refractivity contribution >= 4 is 21.4 Å². The highest BCUT2D eigenvalue weighted by atomic mass is 35.5. The minimum absolute atomic E-state index is 0.0166. The van der Waals surface area contributed by atoms with Crippen LogP contribution in [0.5, 0.6) is 0 Å². The first-order chi connectivity index (χ1) is 7.83. The van der Waals surface area contributed by atoms with Crippen molar-refractivity contribution in [3.63, 3.8) is 0 Å². The summed E-state index contributed by atoms with van der Waals surface area (Å²) in [4.78, 5) is 0. The Bertz CT molecular complexity index is 451.